The van der Waals surface area contributed by atoms with Crippen LogP contribution in [0.3, 0.4) is 0 Å². The van der Waals surface area contributed by atoms with Gasteiger partial charge in [-0.05, 0) is 27.7 Å². The summed E-state index contributed by atoms with van der Waals surface area (Å²) >= 11 is 0. The third-order valence-electron chi connectivity index (χ3n) is 3.14. The van der Waals surface area contributed by atoms with Crippen LogP contribution < -0.4 is 0 Å². The van der Waals surface area contributed by atoms with Crippen LogP contribution in [-0.2, 0) is 18.9 Å². The van der Waals surface area contributed by atoms with Crippen molar-refractivity contribution >= 4 is 0 Å². The van der Waals surface area contributed by atoms with E-state index in [1.807, 2.05) is 39.8 Å². The molecule has 2 fully saturated rings. The monoisotopic (exact) mass is 226 g/mol. The molecular formula is C12H18O4. The van der Waals surface area contributed by atoms with E-state index >= 15 is 0 Å². The summed E-state index contributed by atoms with van der Waals surface area (Å²) in [7, 11) is 0. The van der Waals surface area contributed by atoms with E-state index in [9.17, 15) is 0 Å². The van der Waals surface area contributed by atoms with E-state index in [2.05, 4.69) is 0 Å². The van der Waals surface area contributed by atoms with Crippen molar-refractivity contribution in [3.05, 3.63) is 12.2 Å². The molecule has 0 aromatic carbocycles. The van der Waals surface area contributed by atoms with Crippen molar-refractivity contribution in [2.75, 3.05) is 0 Å². The molecule has 0 radical (unpaired) electrons. The molecule has 90 valence electrons. The summed E-state index contributed by atoms with van der Waals surface area (Å²) in [5, 5.41) is 0. The predicted octanol–water partition coefficient (Wildman–Crippen LogP) is 1.60. The second-order valence-corrected chi connectivity index (χ2v) is 5.51. The first kappa shape index (κ1) is 10.7. The molecule has 0 unspecified atom stereocenters. The zero-order chi connectivity index (χ0) is 11.6. The number of rotatable bonds is 0. The molecule has 0 aromatic heterocycles. The SMILES string of the molecule is CC1(C)O[C@@H]2[C@@H]3OC(C)(C)O[C@@H]3C=C[C@@H]2O1. The maximum atomic E-state index is 5.88. The van der Waals surface area contributed by atoms with E-state index in [1.54, 1.807) is 0 Å². The molecule has 4 heteroatoms. The summed E-state index contributed by atoms with van der Waals surface area (Å²) in [6.45, 7) is 7.70. The smallest absolute Gasteiger partial charge is 0.164 e. The largest absolute Gasteiger partial charge is 0.341 e. The van der Waals surface area contributed by atoms with E-state index in [4.69, 9.17) is 18.9 Å². The van der Waals surface area contributed by atoms with Crippen LogP contribution >= 0.6 is 0 Å². The average molecular weight is 226 g/mol. The van der Waals surface area contributed by atoms with Crippen LogP contribution in [0.25, 0.3) is 0 Å². The highest BCUT2D eigenvalue weighted by Crippen LogP contribution is 2.41. The van der Waals surface area contributed by atoms with Crippen LogP contribution in [0.15, 0.2) is 12.2 Å². The Bertz CT molecular complexity index is 302. The van der Waals surface area contributed by atoms with E-state index in [1.165, 1.54) is 0 Å². The van der Waals surface area contributed by atoms with Crippen LogP contribution in [0.4, 0.5) is 0 Å². The number of ether oxygens (including phenoxy) is 4. The van der Waals surface area contributed by atoms with Gasteiger partial charge in [0.25, 0.3) is 0 Å². The van der Waals surface area contributed by atoms with Crippen LogP contribution in [0.2, 0.25) is 0 Å². The zero-order valence-corrected chi connectivity index (χ0v) is 10.1. The standard InChI is InChI=1S/C12H18O4/c1-11(2)13-7-5-6-8-10(9(7)15-11)16-12(3,4)14-8/h5-10H,1-4H3/t7-,8+,9-,10+. The normalized spacial score (nSPS) is 47.8. The molecule has 16 heavy (non-hydrogen) atoms. The second kappa shape index (κ2) is 3.07. The Hall–Kier alpha value is -0.420. The van der Waals surface area contributed by atoms with E-state index in [0.29, 0.717) is 0 Å². The van der Waals surface area contributed by atoms with Crippen LogP contribution in [0.1, 0.15) is 27.7 Å². The zero-order valence-electron chi connectivity index (χ0n) is 10.1. The van der Waals surface area contributed by atoms with Gasteiger partial charge in [-0.15, -0.1) is 0 Å². The van der Waals surface area contributed by atoms with E-state index in [0.717, 1.165) is 0 Å². The summed E-state index contributed by atoms with van der Waals surface area (Å²) in [6, 6.07) is 0. The molecule has 0 N–H and O–H groups in total. The number of hydrogen-bond donors (Lipinski definition) is 0. The van der Waals surface area contributed by atoms with Crippen molar-refractivity contribution in [3.8, 4) is 0 Å². The maximum absolute atomic E-state index is 5.88. The number of fused-ring (bicyclic) bond motifs is 3. The van der Waals surface area contributed by atoms with Gasteiger partial charge in [0.05, 0.1) is 0 Å². The summed E-state index contributed by atoms with van der Waals surface area (Å²) in [5.74, 6) is -1.07. The lowest BCUT2D eigenvalue weighted by Gasteiger charge is -2.26. The lowest BCUT2D eigenvalue weighted by Crippen LogP contribution is -2.43. The molecule has 2 aliphatic heterocycles. The van der Waals surface area contributed by atoms with Crippen molar-refractivity contribution < 1.29 is 18.9 Å². The van der Waals surface area contributed by atoms with E-state index < -0.39 is 11.6 Å². The lowest BCUT2D eigenvalue weighted by atomic mass is 9.97. The first-order valence-electron chi connectivity index (χ1n) is 5.76. The van der Waals surface area contributed by atoms with Gasteiger partial charge in [-0.3, -0.25) is 0 Å². The molecule has 0 saturated carbocycles. The summed E-state index contributed by atoms with van der Waals surface area (Å²) in [5.41, 5.74) is 0. The van der Waals surface area contributed by atoms with Gasteiger partial charge < -0.3 is 18.9 Å². The summed E-state index contributed by atoms with van der Waals surface area (Å²) in [4.78, 5) is 0. The van der Waals surface area contributed by atoms with Crippen molar-refractivity contribution in [1.29, 1.82) is 0 Å². The quantitative estimate of drug-likeness (QED) is 0.588. The Balaban J connectivity index is 1.86. The van der Waals surface area contributed by atoms with Gasteiger partial charge in [0.15, 0.2) is 11.6 Å². The maximum Gasteiger partial charge on any atom is 0.164 e. The molecule has 3 aliphatic rings. The first-order valence-corrected chi connectivity index (χ1v) is 5.76. The van der Waals surface area contributed by atoms with E-state index in [-0.39, 0.29) is 24.4 Å². The summed E-state index contributed by atoms with van der Waals surface area (Å²) < 4.78 is 23.3. The molecule has 1 aliphatic carbocycles. The summed E-state index contributed by atoms with van der Waals surface area (Å²) in [6.07, 6.45) is 3.87. The Morgan fingerprint density at radius 1 is 0.688 bits per heavy atom. The van der Waals surface area contributed by atoms with Gasteiger partial charge in [-0.25, -0.2) is 0 Å². The van der Waals surface area contributed by atoms with Crippen molar-refractivity contribution in [2.45, 2.75) is 63.7 Å². The molecule has 4 nitrogen and oxygen atoms in total. The van der Waals surface area contributed by atoms with Crippen LogP contribution in [-0.4, -0.2) is 36.0 Å². The lowest BCUT2D eigenvalue weighted by molar-refractivity contribution is -0.174. The predicted molar refractivity (Wildman–Crippen MR) is 56.8 cm³/mol. The molecule has 0 aromatic rings. The van der Waals surface area contributed by atoms with Gasteiger partial charge in [0.1, 0.15) is 24.4 Å². The third kappa shape index (κ3) is 1.61. The van der Waals surface area contributed by atoms with Crippen molar-refractivity contribution in [1.82, 2.24) is 0 Å². The van der Waals surface area contributed by atoms with Gasteiger partial charge in [0.2, 0.25) is 0 Å². The minimum absolute atomic E-state index is 0.0197. The minimum Gasteiger partial charge on any atom is -0.341 e. The van der Waals surface area contributed by atoms with Crippen molar-refractivity contribution in [2.24, 2.45) is 0 Å². The van der Waals surface area contributed by atoms with Gasteiger partial charge in [-0.1, -0.05) is 12.2 Å². The van der Waals surface area contributed by atoms with Crippen LogP contribution in [0, 0.1) is 0 Å². The molecule has 3 rings (SSSR count). The average Bonchev–Trinajstić information content (AvgIpc) is 2.58. The fourth-order valence-electron chi connectivity index (χ4n) is 2.66. The highest BCUT2D eigenvalue weighted by atomic mass is 16.8. The molecule has 2 heterocycles. The molecule has 0 bridgehead atoms. The highest BCUT2D eigenvalue weighted by Gasteiger charge is 2.54. The van der Waals surface area contributed by atoms with Crippen LogP contribution in [0.5, 0.6) is 0 Å². The second-order valence-electron chi connectivity index (χ2n) is 5.51. The Morgan fingerprint density at radius 3 is 1.44 bits per heavy atom. The molecule has 4 atom stereocenters. The third-order valence-corrected chi connectivity index (χ3v) is 3.14. The Morgan fingerprint density at radius 2 is 1.06 bits per heavy atom. The molecule has 0 amide bonds. The van der Waals surface area contributed by atoms with Gasteiger partial charge in [0, 0.05) is 0 Å². The minimum atomic E-state index is -0.537. The fourth-order valence-corrected chi connectivity index (χ4v) is 2.66. The first-order chi connectivity index (χ1) is 7.36. The van der Waals surface area contributed by atoms with Crippen molar-refractivity contribution in [3.63, 3.8) is 0 Å². The topological polar surface area (TPSA) is 36.9 Å². The van der Waals surface area contributed by atoms with Gasteiger partial charge >= 0.3 is 0 Å². The number of hydrogen-bond acceptors (Lipinski definition) is 4. The Kier molecular flexibility index (Phi) is 2.06. The molecule has 0 spiro atoms. The fraction of sp³-hybridized carbons (Fsp3) is 0.833. The highest BCUT2D eigenvalue weighted by molar-refractivity contribution is 5.14. The Labute approximate surface area is 95.5 Å². The molecular weight excluding hydrogens is 208 g/mol. The molecule has 2 saturated heterocycles. The van der Waals surface area contributed by atoms with Gasteiger partial charge in [-0.2, -0.15) is 0 Å².